The predicted molar refractivity (Wildman–Crippen MR) is 57.9 cm³/mol. The van der Waals surface area contributed by atoms with Crippen molar-refractivity contribution in [2.45, 2.75) is 0 Å². The van der Waals surface area contributed by atoms with Gasteiger partial charge in [-0.1, -0.05) is 5.92 Å². The lowest BCUT2D eigenvalue weighted by Gasteiger charge is -2.08. The quantitative estimate of drug-likeness (QED) is 0.528. The second-order valence-corrected chi connectivity index (χ2v) is 3.29. The molecule has 0 aliphatic heterocycles. The maximum atomic E-state index is 13.5. The molecule has 0 saturated carbocycles. The van der Waals surface area contributed by atoms with Crippen LogP contribution in [0.3, 0.4) is 0 Å². The maximum Gasteiger partial charge on any atom is 0.172 e. The van der Waals surface area contributed by atoms with E-state index in [9.17, 15) is 13.9 Å². The molecule has 0 aliphatic carbocycles. The number of fused-ring (bicyclic) bond motifs is 1. The molecular formula is C12H7F2NO. The van der Waals surface area contributed by atoms with Gasteiger partial charge < -0.3 is 10.8 Å². The Morgan fingerprint density at radius 3 is 2.62 bits per heavy atom. The third-order valence-corrected chi connectivity index (χ3v) is 2.34. The Hall–Kier alpha value is -2.28. The van der Waals surface area contributed by atoms with Crippen LogP contribution in [0.4, 0.5) is 14.5 Å². The van der Waals surface area contributed by atoms with E-state index in [1.807, 2.05) is 0 Å². The zero-order chi connectivity index (χ0) is 11.9. The lowest BCUT2D eigenvalue weighted by Crippen LogP contribution is -1.95. The number of phenols is 1. The van der Waals surface area contributed by atoms with Crippen LogP contribution in [-0.4, -0.2) is 5.11 Å². The number of aromatic hydroxyl groups is 1. The highest BCUT2D eigenvalue weighted by Gasteiger charge is 2.14. The first-order valence-electron chi connectivity index (χ1n) is 4.42. The standard InChI is InChI=1S/C12H7F2NO/c1-2-6-8(13)4-3-7-11(6)9(15)5-10(16)12(7)14/h1,3-5,16H,15H2. The normalized spacial score (nSPS) is 10.3. The highest BCUT2D eigenvalue weighted by Crippen LogP contribution is 2.33. The van der Waals surface area contributed by atoms with E-state index in [0.29, 0.717) is 0 Å². The van der Waals surface area contributed by atoms with Crippen molar-refractivity contribution >= 4 is 16.5 Å². The molecule has 0 saturated heterocycles. The molecule has 2 aromatic carbocycles. The van der Waals surface area contributed by atoms with Gasteiger partial charge in [0.05, 0.1) is 5.56 Å². The van der Waals surface area contributed by atoms with Crippen molar-refractivity contribution < 1.29 is 13.9 Å². The Kier molecular flexibility index (Phi) is 2.17. The first-order valence-corrected chi connectivity index (χ1v) is 4.42. The van der Waals surface area contributed by atoms with Gasteiger partial charge in [-0.25, -0.2) is 8.78 Å². The summed E-state index contributed by atoms with van der Waals surface area (Å²) >= 11 is 0. The van der Waals surface area contributed by atoms with Crippen LogP contribution in [0.15, 0.2) is 18.2 Å². The van der Waals surface area contributed by atoms with E-state index in [4.69, 9.17) is 12.2 Å². The van der Waals surface area contributed by atoms with Crippen LogP contribution < -0.4 is 5.73 Å². The molecule has 0 amide bonds. The van der Waals surface area contributed by atoms with Gasteiger partial charge in [-0.2, -0.15) is 0 Å². The predicted octanol–water partition coefficient (Wildman–Crippen LogP) is 2.39. The second-order valence-electron chi connectivity index (χ2n) is 3.29. The number of rotatable bonds is 0. The number of hydrogen-bond acceptors (Lipinski definition) is 2. The molecule has 0 unspecified atom stereocenters. The largest absolute Gasteiger partial charge is 0.505 e. The lowest BCUT2D eigenvalue weighted by molar-refractivity contribution is 0.436. The minimum Gasteiger partial charge on any atom is -0.505 e. The summed E-state index contributed by atoms with van der Waals surface area (Å²) in [7, 11) is 0. The molecule has 4 heteroatoms. The molecule has 0 aromatic heterocycles. The van der Waals surface area contributed by atoms with E-state index >= 15 is 0 Å². The number of hydrogen-bond donors (Lipinski definition) is 2. The van der Waals surface area contributed by atoms with Gasteiger partial charge in [-0.3, -0.25) is 0 Å². The van der Waals surface area contributed by atoms with Crippen molar-refractivity contribution in [3.05, 3.63) is 35.4 Å². The van der Waals surface area contributed by atoms with Crippen molar-refractivity contribution in [3.63, 3.8) is 0 Å². The summed E-state index contributed by atoms with van der Waals surface area (Å²) in [5.41, 5.74) is 5.52. The zero-order valence-electron chi connectivity index (χ0n) is 8.09. The molecule has 3 N–H and O–H groups in total. The zero-order valence-corrected chi connectivity index (χ0v) is 8.09. The second kappa shape index (κ2) is 3.38. The Labute approximate surface area is 90.3 Å². The van der Waals surface area contributed by atoms with Crippen LogP contribution in [0, 0.1) is 24.0 Å². The summed E-state index contributed by atoms with van der Waals surface area (Å²) < 4.78 is 26.9. The fraction of sp³-hybridized carbons (Fsp3) is 0. The summed E-state index contributed by atoms with van der Waals surface area (Å²) in [5.74, 6) is 0.0318. The number of benzene rings is 2. The van der Waals surface area contributed by atoms with Gasteiger partial charge in [-0.15, -0.1) is 6.42 Å². The number of nitrogens with two attached hydrogens (primary N) is 1. The topological polar surface area (TPSA) is 46.2 Å². The lowest BCUT2D eigenvalue weighted by atomic mass is 10.0. The molecule has 0 bridgehead atoms. The number of phenolic OH excluding ortho intramolecular Hbond substituents is 1. The van der Waals surface area contributed by atoms with Crippen molar-refractivity contribution in [1.82, 2.24) is 0 Å². The SMILES string of the molecule is C#Cc1c(F)ccc2c(F)c(O)cc(N)c12. The van der Waals surface area contributed by atoms with Crippen LogP contribution in [-0.2, 0) is 0 Å². The van der Waals surface area contributed by atoms with E-state index in [2.05, 4.69) is 5.92 Å². The minimum absolute atomic E-state index is 0.00634. The van der Waals surface area contributed by atoms with Gasteiger partial charge in [0.15, 0.2) is 11.6 Å². The van der Waals surface area contributed by atoms with Crippen LogP contribution in [0.1, 0.15) is 5.56 Å². The van der Waals surface area contributed by atoms with Gasteiger partial charge in [0.1, 0.15) is 5.82 Å². The molecule has 0 aliphatic rings. The smallest absolute Gasteiger partial charge is 0.172 e. The van der Waals surface area contributed by atoms with Crippen molar-refractivity contribution in [2.75, 3.05) is 5.73 Å². The van der Waals surface area contributed by atoms with Crippen LogP contribution in [0.2, 0.25) is 0 Å². The number of halogens is 2. The molecule has 16 heavy (non-hydrogen) atoms. The summed E-state index contributed by atoms with van der Waals surface area (Å²) in [5, 5.41) is 9.35. The Morgan fingerprint density at radius 2 is 2.00 bits per heavy atom. The first-order chi connectivity index (χ1) is 7.56. The third kappa shape index (κ3) is 1.26. The van der Waals surface area contributed by atoms with Crippen molar-refractivity contribution in [1.29, 1.82) is 0 Å². The molecule has 0 spiro atoms. The van der Waals surface area contributed by atoms with Crippen molar-refractivity contribution in [3.8, 4) is 18.1 Å². The molecule has 0 heterocycles. The molecule has 0 fully saturated rings. The number of nitrogen functional groups attached to an aromatic ring is 1. The van der Waals surface area contributed by atoms with Gasteiger partial charge in [-0.05, 0) is 12.1 Å². The van der Waals surface area contributed by atoms with E-state index in [0.717, 1.165) is 12.1 Å². The van der Waals surface area contributed by atoms with E-state index in [1.165, 1.54) is 6.07 Å². The first kappa shape index (κ1) is 10.2. The fourth-order valence-electron chi connectivity index (χ4n) is 1.62. The van der Waals surface area contributed by atoms with Gasteiger partial charge in [0, 0.05) is 22.5 Å². The molecule has 0 radical (unpaired) electrons. The maximum absolute atomic E-state index is 13.5. The fourth-order valence-corrected chi connectivity index (χ4v) is 1.62. The molecule has 0 atom stereocenters. The minimum atomic E-state index is -0.860. The third-order valence-electron chi connectivity index (χ3n) is 2.34. The molecule has 80 valence electrons. The number of terminal acetylenes is 1. The number of anilines is 1. The van der Waals surface area contributed by atoms with Crippen LogP contribution >= 0.6 is 0 Å². The average Bonchev–Trinajstić information content (AvgIpc) is 2.25. The van der Waals surface area contributed by atoms with E-state index in [1.54, 1.807) is 0 Å². The van der Waals surface area contributed by atoms with Gasteiger partial charge >= 0.3 is 0 Å². The molecule has 2 nitrogen and oxygen atoms in total. The summed E-state index contributed by atoms with van der Waals surface area (Å²) in [6, 6.07) is 3.24. The summed E-state index contributed by atoms with van der Waals surface area (Å²) in [4.78, 5) is 0. The molecule has 2 aromatic rings. The summed E-state index contributed by atoms with van der Waals surface area (Å²) in [6.07, 6.45) is 5.14. The Balaban J connectivity index is 3.07. The van der Waals surface area contributed by atoms with Crippen LogP contribution in [0.25, 0.3) is 10.8 Å². The monoisotopic (exact) mass is 219 g/mol. The average molecular weight is 219 g/mol. The Bertz CT molecular complexity index is 629. The van der Waals surface area contributed by atoms with Gasteiger partial charge in [0.25, 0.3) is 0 Å². The van der Waals surface area contributed by atoms with E-state index in [-0.39, 0.29) is 22.0 Å². The Morgan fingerprint density at radius 1 is 1.31 bits per heavy atom. The van der Waals surface area contributed by atoms with E-state index < -0.39 is 17.4 Å². The summed E-state index contributed by atoms with van der Waals surface area (Å²) in [6.45, 7) is 0. The van der Waals surface area contributed by atoms with Gasteiger partial charge in [0.2, 0.25) is 0 Å². The van der Waals surface area contributed by atoms with Crippen molar-refractivity contribution in [2.24, 2.45) is 0 Å². The molecule has 2 rings (SSSR count). The highest BCUT2D eigenvalue weighted by atomic mass is 19.1. The molecular weight excluding hydrogens is 212 g/mol. The van der Waals surface area contributed by atoms with Crippen LogP contribution in [0.5, 0.6) is 5.75 Å². The highest BCUT2D eigenvalue weighted by molar-refractivity contribution is 5.99.